The Morgan fingerprint density at radius 1 is 1.09 bits per heavy atom. The van der Waals surface area contributed by atoms with Gasteiger partial charge >= 0.3 is 0 Å². The lowest BCUT2D eigenvalue weighted by atomic mass is 9.87. The Hall–Kier alpha value is -3.52. The van der Waals surface area contributed by atoms with Crippen molar-refractivity contribution in [3.8, 4) is 11.3 Å². The molecule has 0 fully saturated rings. The molecule has 0 saturated carbocycles. The fraction of sp³-hybridized carbons (Fsp3) is 0.240. The Kier molecular flexibility index (Phi) is 5.80. The number of Topliss-reactive ketones (excluding diaryl/α,β-unsaturated/α-hetero) is 1. The van der Waals surface area contributed by atoms with Crippen molar-refractivity contribution in [2.45, 2.75) is 33.4 Å². The minimum atomic E-state index is -3.67. The first kappa shape index (κ1) is 22.7. The number of carbonyl (C=O) groups excluding carboxylic acids is 1. The van der Waals surface area contributed by atoms with E-state index >= 15 is 0 Å². The number of hydrogen-bond acceptors (Lipinski definition) is 5. The van der Waals surface area contributed by atoms with Gasteiger partial charge in [0.1, 0.15) is 5.52 Å². The summed E-state index contributed by atoms with van der Waals surface area (Å²) in [5.74, 6) is -0.193. The van der Waals surface area contributed by atoms with Gasteiger partial charge in [0.05, 0.1) is 28.9 Å². The molecule has 4 aromatic rings. The maximum Gasteiger partial charge on any atom is 0.236 e. The first-order valence-corrected chi connectivity index (χ1v) is 12.2. The highest BCUT2D eigenvalue weighted by atomic mass is 32.2. The van der Waals surface area contributed by atoms with Gasteiger partial charge in [-0.15, -0.1) is 0 Å². The van der Waals surface area contributed by atoms with E-state index in [-0.39, 0.29) is 11.5 Å². The number of aryl methyl sites for hydroxylation is 1. The summed E-state index contributed by atoms with van der Waals surface area (Å²) in [6, 6.07) is 14.5. The van der Waals surface area contributed by atoms with Crippen molar-refractivity contribution < 1.29 is 13.2 Å². The molecule has 0 aliphatic rings. The van der Waals surface area contributed by atoms with Crippen LogP contribution in [0.2, 0.25) is 0 Å². The quantitative estimate of drug-likeness (QED) is 0.388. The first-order valence-electron chi connectivity index (χ1n) is 10.6. The number of H-pyrrole nitrogens is 1. The third-order valence-electron chi connectivity index (χ3n) is 5.22. The Balaban J connectivity index is 1.75. The largest absolute Gasteiger partial charge is 0.344 e. The molecule has 0 unspecified atom stereocenters. The smallest absolute Gasteiger partial charge is 0.236 e. The third-order valence-corrected chi connectivity index (χ3v) is 6.47. The van der Waals surface area contributed by atoms with Gasteiger partial charge in [-0.2, -0.15) is 0 Å². The lowest BCUT2D eigenvalue weighted by Crippen LogP contribution is -2.20. The summed E-state index contributed by atoms with van der Waals surface area (Å²) in [6.07, 6.45) is 3.20. The van der Waals surface area contributed by atoms with E-state index in [9.17, 15) is 13.2 Å². The van der Waals surface area contributed by atoms with Gasteiger partial charge in [-0.1, -0.05) is 63.2 Å². The summed E-state index contributed by atoms with van der Waals surface area (Å²) in [4.78, 5) is 25.0. The molecule has 170 valence electrons. The van der Waals surface area contributed by atoms with E-state index in [0.717, 1.165) is 5.56 Å². The van der Waals surface area contributed by atoms with Crippen LogP contribution in [0, 0.1) is 12.3 Å². The van der Waals surface area contributed by atoms with Crippen molar-refractivity contribution in [1.29, 1.82) is 0 Å². The van der Waals surface area contributed by atoms with Crippen LogP contribution in [0.1, 0.15) is 42.3 Å². The van der Waals surface area contributed by atoms with Crippen LogP contribution in [0.15, 0.2) is 60.9 Å². The van der Waals surface area contributed by atoms with Crippen LogP contribution in [-0.4, -0.2) is 29.2 Å². The molecule has 0 spiro atoms. The fourth-order valence-corrected chi connectivity index (χ4v) is 4.77. The van der Waals surface area contributed by atoms with Gasteiger partial charge in [0.15, 0.2) is 11.4 Å². The Morgan fingerprint density at radius 3 is 2.52 bits per heavy atom. The van der Waals surface area contributed by atoms with Gasteiger partial charge in [-0.25, -0.2) is 18.4 Å². The SMILES string of the molecule is Cc1ccc(-c2cnc3[nH]cc(C(=O)C(C)(C)C)c3n2)c(NS(=O)(=O)Cc2ccccc2)c1. The van der Waals surface area contributed by atoms with Crippen LogP contribution in [0.25, 0.3) is 22.4 Å². The number of nitrogens with zero attached hydrogens (tertiary/aromatic N) is 2. The third kappa shape index (κ3) is 4.96. The molecule has 0 bridgehead atoms. The maximum atomic E-state index is 12.9. The minimum absolute atomic E-state index is 0.0482. The molecule has 0 saturated heterocycles. The van der Waals surface area contributed by atoms with Crippen molar-refractivity contribution in [1.82, 2.24) is 15.0 Å². The number of anilines is 1. The topological polar surface area (TPSA) is 105 Å². The summed E-state index contributed by atoms with van der Waals surface area (Å²) in [7, 11) is -3.67. The number of rotatable bonds is 6. The highest BCUT2D eigenvalue weighted by Gasteiger charge is 2.26. The van der Waals surface area contributed by atoms with E-state index in [1.807, 2.05) is 45.9 Å². The Morgan fingerprint density at radius 2 is 1.82 bits per heavy atom. The number of hydrogen-bond donors (Lipinski definition) is 2. The second-order valence-corrected chi connectivity index (χ2v) is 10.9. The average molecular weight is 463 g/mol. The molecular weight excluding hydrogens is 436 g/mol. The Labute approximate surface area is 193 Å². The molecule has 8 heteroatoms. The highest BCUT2D eigenvalue weighted by molar-refractivity contribution is 7.91. The molecule has 33 heavy (non-hydrogen) atoms. The maximum absolute atomic E-state index is 12.9. The van der Waals surface area contributed by atoms with Gasteiger partial charge in [0.2, 0.25) is 10.0 Å². The van der Waals surface area contributed by atoms with Gasteiger partial charge in [-0.3, -0.25) is 9.52 Å². The van der Waals surface area contributed by atoms with Crippen LogP contribution >= 0.6 is 0 Å². The normalized spacial score (nSPS) is 12.1. The number of nitrogens with one attached hydrogen (secondary N) is 2. The molecule has 2 aromatic heterocycles. The lowest BCUT2D eigenvalue weighted by molar-refractivity contribution is 0.0860. The Bertz CT molecular complexity index is 1440. The minimum Gasteiger partial charge on any atom is -0.344 e. The zero-order valence-corrected chi connectivity index (χ0v) is 19.8. The highest BCUT2D eigenvalue weighted by Crippen LogP contribution is 2.31. The summed E-state index contributed by atoms with van der Waals surface area (Å²) < 4.78 is 28.5. The van der Waals surface area contributed by atoms with Crippen LogP contribution in [0.5, 0.6) is 0 Å². The molecule has 0 aliphatic heterocycles. The van der Waals surface area contributed by atoms with Crippen molar-refractivity contribution in [2.24, 2.45) is 5.41 Å². The number of carbonyl (C=O) groups is 1. The predicted molar refractivity (Wildman–Crippen MR) is 131 cm³/mol. The average Bonchev–Trinajstić information content (AvgIpc) is 3.15. The number of benzene rings is 2. The molecule has 0 radical (unpaired) electrons. The zero-order chi connectivity index (χ0) is 23.8. The fourth-order valence-electron chi connectivity index (χ4n) is 3.56. The van der Waals surface area contributed by atoms with Gasteiger partial charge in [0.25, 0.3) is 0 Å². The predicted octanol–water partition coefficient (Wildman–Crippen LogP) is 5.10. The second kappa shape index (κ2) is 8.44. The number of ketones is 1. The van der Waals surface area contributed by atoms with E-state index < -0.39 is 15.4 Å². The second-order valence-electron chi connectivity index (χ2n) is 9.13. The molecule has 2 heterocycles. The molecule has 2 N–H and O–H groups in total. The van der Waals surface area contributed by atoms with Crippen molar-refractivity contribution >= 4 is 32.7 Å². The van der Waals surface area contributed by atoms with Gasteiger partial charge in [0, 0.05) is 17.2 Å². The van der Waals surface area contributed by atoms with E-state index in [4.69, 9.17) is 4.98 Å². The summed E-state index contributed by atoms with van der Waals surface area (Å²) in [5, 5.41) is 0. The monoisotopic (exact) mass is 462 g/mol. The van der Waals surface area contributed by atoms with Crippen molar-refractivity contribution in [3.63, 3.8) is 0 Å². The molecular formula is C25H26N4O3S. The number of fused-ring (bicyclic) bond motifs is 1. The lowest BCUT2D eigenvalue weighted by Gasteiger charge is -2.16. The van der Waals surface area contributed by atoms with Crippen molar-refractivity contribution in [3.05, 3.63) is 77.6 Å². The summed E-state index contributed by atoms with van der Waals surface area (Å²) in [5.41, 5.74) is 3.92. The molecule has 2 aromatic carbocycles. The summed E-state index contributed by atoms with van der Waals surface area (Å²) in [6.45, 7) is 7.45. The molecule has 0 atom stereocenters. The first-order chi connectivity index (χ1) is 15.5. The zero-order valence-electron chi connectivity index (χ0n) is 19.0. The molecule has 0 amide bonds. The molecule has 7 nitrogen and oxygen atoms in total. The molecule has 0 aliphatic carbocycles. The van der Waals surface area contributed by atoms with Crippen LogP contribution in [0.3, 0.4) is 0 Å². The molecule has 4 rings (SSSR count). The number of aromatic nitrogens is 3. The van der Waals surface area contributed by atoms with Gasteiger partial charge < -0.3 is 4.98 Å². The van der Waals surface area contributed by atoms with E-state index in [0.29, 0.717) is 39.2 Å². The van der Waals surface area contributed by atoms with E-state index in [1.54, 1.807) is 42.7 Å². The van der Waals surface area contributed by atoms with Crippen LogP contribution < -0.4 is 4.72 Å². The van der Waals surface area contributed by atoms with Crippen molar-refractivity contribution in [2.75, 3.05) is 4.72 Å². The van der Waals surface area contributed by atoms with Crippen LogP contribution in [-0.2, 0) is 15.8 Å². The number of aromatic amines is 1. The van der Waals surface area contributed by atoms with E-state index in [2.05, 4.69) is 14.7 Å². The van der Waals surface area contributed by atoms with Gasteiger partial charge in [-0.05, 0) is 24.1 Å². The number of sulfonamides is 1. The van der Waals surface area contributed by atoms with Crippen LogP contribution in [0.4, 0.5) is 5.69 Å². The van der Waals surface area contributed by atoms with E-state index in [1.165, 1.54) is 0 Å². The standard InChI is InChI=1S/C25H26N4O3S/c1-16-10-11-18(20(12-16)29-33(31,32)15-17-8-6-5-7-9-17)21-14-27-24-22(28-21)19(13-26-24)23(30)25(2,3)4/h5-14,29H,15H2,1-4H3,(H,26,27). The summed E-state index contributed by atoms with van der Waals surface area (Å²) >= 11 is 0.